The van der Waals surface area contributed by atoms with Gasteiger partial charge in [0.15, 0.2) is 0 Å². The summed E-state index contributed by atoms with van der Waals surface area (Å²) in [6, 6.07) is 11.4. The van der Waals surface area contributed by atoms with Crippen LogP contribution in [0, 0.1) is 6.92 Å². The molecule has 2 aromatic rings. The topological polar surface area (TPSA) is 66.5 Å². The van der Waals surface area contributed by atoms with Crippen LogP contribution in [0.2, 0.25) is 5.02 Å². The molecular weight excluding hydrogens is 372 g/mol. The van der Waals surface area contributed by atoms with Crippen molar-refractivity contribution in [2.45, 2.75) is 31.1 Å². The minimum atomic E-state index is -3.57. The lowest BCUT2D eigenvalue weighted by molar-refractivity contribution is 0.102. The van der Waals surface area contributed by atoms with Crippen molar-refractivity contribution in [3.8, 4) is 0 Å². The molecule has 5 nitrogen and oxygen atoms in total. The van der Waals surface area contributed by atoms with Gasteiger partial charge in [0.1, 0.15) is 0 Å². The lowest BCUT2D eigenvalue weighted by atomic mass is 10.1. The van der Waals surface area contributed by atoms with Gasteiger partial charge in [0, 0.05) is 29.4 Å². The molecule has 1 fully saturated rings. The molecule has 1 aliphatic rings. The average molecular weight is 393 g/mol. The third-order valence-corrected chi connectivity index (χ3v) is 6.87. The maximum atomic E-state index is 12.8. The maximum absolute atomic E-state index is 12.8. The molecule has 1 amide bonds. The number of carbonyl (C=O) groups is 1. The van der Waals surface area contributed by atoms with E-state index in [-0.39, 0.29) is 10.8 Å². The normalized spacial score (nSPS) is 15.6. The summed E-state index contributed by atoms with van der Waals surface area (Å²) in [5.41, 5.74) is 1.66. The first kappa shape index (κ1) is 18.9. The van der Waals surface area contributed by atoms with Crippen LogP contribution in [0.5, 0.6) is 0 Å². The molecule has 0 radical (unpaired) electrons. The molecule has 2 aromatic carbocycles. The monoisotopic (exact) mass is 392 g/mol. The Kier molecular flexibility index (Phi) is 5.65. The summed E-state index contributed by atoms with van der Waals surface area (Å²) in [5.74, 6) is -0.369. The summed E-state index contributed by atoms with van der Waals surface area (Å²) >= 11 is 6.08. The molecule has 1 heterocycles. The van der Waals surface area contributed by atoms with Gasteiger partial charge in [-0.1, -0.05) is 30.2 Å². The molecule has 1 N–H and O–H groups in total. The molecule has 0 spiro atoms. The van der Waals surface area contributed by atoms with Crippen molar-refractivity contribution in [3.05, 3.63) is 58.6 Å². The van der Waals surface area contributed by atoms with Crippen LogP contribution in [0.4, 0.5) is 5.69 Å². The Balaban J connectivity index is 1.84. The molecule has 0 saturated carbocycles. The number of sulfonamides is 1. The van der Waals surface area contributed by atoms with Crippen molar-refractivity contribution < 1.29 is 13.2 Å². The van der Waals surface area contributed by atoms with Gasteiger partial charge in [0.2, 0.25) is 10.0 Å². The minimum absolute atomic E-state index is 0.148. The quantitative estimate of drug-likeness (QED) is 0.852. The Hall–Kier alpha value is -1.89. The van der Waals surface area contributed by atoms with Crippen LogP contribution >= 0.6 is 11.6 Å². The Bertz CT molecular complexity index is 922. The fourth-order valence-corrected chi connectivity index (χ4v) is 4.73. The summed E-state index contributed by atoms with van der Waals surface area (Å²) in [4.78, 5) is 12.7. The first-order chi connectivity index (χ1) is 12.4. The molecule has 0 atom stereocenters. The van der Waals surface area contributed by atoms with Crippen molar-refractivity contribution >= 4 is 33.2 Å². The number of nitrogens with zero attached hydrogens (tertiary/aromatic N) is 1. The molecule has 26 heavy (non-hydrogen) atoms. The standard InChI is InChI=1S/C19H21ClN2O3S/c1-14-17(20)9-6-10-18(14)21-19(23)15-7-5-8-16(13-15)26(24,25)22-11-3-2-4-12-22/h5-10,13H,2-4,11-12H2,1H3,(H,21,23). The Morgan fingerprint density at radius 3 is 2.50 bits per heavy atom. The molecule has 0 aliphatic carbocycles. The number of nitrogens with one attached hydrogen (secondary N) is 1. The maximum Gasteiger partial charge on any atom is 0.255 e. The van der Waals surface area contributed by atoms with Crippen LogP contribution in [0.25, 0.3) is 0 Å². The summed E-state index contributed by atoms with van der Waals surface area (Å²) < 4.78 is 27.1. The summed E-state index contributed by atoms with van der Waals surface area (Å²) in [7, 11) is -3.57. The third-order valence-electron chi connectivity index (χ3n) is 4.56. The second-order valence-electron chi connectivity index (χ2n) is 6.36. The van der Waals surface area contributed by atoms with E-state index in [0.717, 1.165) is 24.8 Å². The molecule has 3 rings (SSSR count). The predicted octanol–water partition coefficient (Wildman–Crippen LogP) is 4.08. The van der Waals surface area contributed by atoms with Crippen LogP contribution in [-0.2, 0) is 10.0 Å². The third kappa shape index (κ3) is 3.92. The van der Waals surface area contributed by atoms with Crippen LogP contribution < -0.4 is 5.32 Å². The van der Waals surface area contributed by atoms with Gasteiger partial charge in [-0.25, -0.2) is 8.42 Å². The number of piperidine rings is 1. The number of benzene rings is 2. The molecule has 0 aromatic heterocycles. The Morgan fingerprint density at radius 1 is 1.08 bits per heavy atom. The Morgan fingerprint density at radius 2 is 1.77 bits per heavy atom. The highest BCUT2D eigenvalue weighted by molar-refractivity contribution is 7.89. The van der Waals surface area contributed by atoms with Gasteiger partial charge in [0.05, 0.1) is 4.90 Å². The van der Waals surface area contributed by atoms with Gasteiger partial charge < -0.3 is 5.32 Å². The fraction of sp³-hybridized carbons (Fsp3) is 0.316. The molecule has 7 heteroatoms. The van der Waals surface area contributed by atoms with Gasteiger partial charge in [0.25, 0.3) is 5.91 Å². The zero-order valence-electron chi connectivity index (χ0n) is 14.5. The molecule has 1 aliphatic heterocycles. The van der Waals surface area contributed by atoms with E-state index in [2.05, 4.69) is 5.32 Å². The largest absolute Gasteiger partial charge is 0.322 e. The highest BCUT2D eigenvalue weighted by Crippen LogP contribution is 2.25. The summed E-state index contributed by atoms with van der Waals surface area (Å²) in [5, 5.41) is 3.35. The second-order valence-corrected chi connectivity index (χ2v) is 8.70. The summed E-state index contributed by atoms with van der Waals surface area (Å²) in [6.07, 6.45) is 2.79. The van der Waals surface area contributed by atoms with E-state index < -0.39 is 10.0 Å². The lowest BCUT2D eigenvalue weighted by Crippen LogP contribution is -2.35. The van der Waals surface area contributed by atoms with E-state index in [9.17, 15) is 13.2 Å². The van der Waals surface area contributed by atoms with E-state index in [1.54, 1.807) is 30.3 Å². The van der Waals surface area contributed by atoms with Crippen molar-refractivity contribution in [1.29, 1.82) is 0 Å². The number of hydrogen-bond donors (Lipinski definition) is 1. The van der Waals surface area contributed by atoms with Gasteiger partial charge in [-0.15, -0.1) is 0 Å². The second kappa shape index (κ2) is 7.78. The van der Waals surface area contributed by atoms with E-state index in [1.807, 2.05) is 6.92 Å². The van der Waals surface area contributed by atoms with Crippen LogP contribution in [-0.4, -0.2) is 31.7 Å². The summed E-state index contributed by atoms with van der Waals surface area (Å²) in [6.45, 7) is 2.87. The zero-order chi connectivity index (χ0) is 18.7. The number of anilines is 1. The van der Waals surface area contributed by atoms with E-state index in [4.69, 9.17) is 11.6 Å². The van der Waals surface area contributed by atoms with Crippen molar-refractivity contribution in [1.82, 2.24) is 4.31 Å². The van der Waals surface area contributed by atoms with Crippen molar-refractivity contribution in [3.63, 3.8) is 0 Å². The van der Waals surface area contributed by atoms with Crippen molar-refractivity contribution in [2.75, 3.05) is 18.4 Å². The molecular formula is C19H21ClN2O3S. The number of hydrogen-bond acceptors (Lipinski definition) is 3. The number of carbonyl (C=O) groups excluding carboxylic acids is 1. The first-order valence-electron chi connectivity index (χ1n) is 8.56. The van der Waals surface area contributed by atoms with Gasteiger partial charge in [-0.3, -0.25) is 4.79 Å². The zero-order valence-corrected chi connectivity index (χ0v) is 16.1. The molecule has 138 valence electrons. The number of amides is 1. The lowest BCUT2D eigenvalue weighted by Gasteiger charge is -2.26. The molecule has 1 saturated heterocycles. The fourth-order valence-electron chi connectivity index (χ4n) is 2.99. The van der Waals surface area contributed by atoms with E-state index in [1.165, 1.54) is 16.4 Å². The van der Waals surface area contributed by atoms with Crippen LogP contribution in [0.3, 0.4) is 0 Å². The molecule has 0 unspecified atom stereocenters. The smallest absolute Gasteiger partial charge is 0.255 e. The van der Waals surface area contributed by atoms with Gasteiger partial charge >= 0.3 is 0 Å². The number of halogens is 1. The SMILES string of the molecule is Cc1c(Cl)cccc1NC(=O)c1cccc(S(=O)(=O)N2CCCCC2)c1. The van der Waals surface area contributed by atoms with E-state index >= 15 is 0 Å². The van der Waals surface area contributed by atoms with Crippen molar-refractivity contribution in [2.24, 2.45) is 0 Å². The van der Waals surface area contributed by atoms with Crippen LogP contribution in [0.1, 0.15) is 35.2 Å². The van der Waals surface area contributed by atoms with Gasteiger partial charge in [-0.2, -0.15) is 4.31 Å². The highest BCUT2D eigenvalue weighted by atomic mass is 35.5. The minimum Gasteiger partial charge on any atom is -0.322 e. The Labute approximate surface area is 159 Å². The first-order valence-corrected chi connectivity index (χ1v) is 10.4. The number of rotatable bonds is 4. The molecule has 0 bridgehead atoms. The highest BCUT2D eigenvalue weighted by Gasteiger charge is 2.26. The van der Waals surface area contributed by atoms with E-state index in [0.29, 0.717) is 29.4 Å². The van der Waals surface area contributed by atoms with Gasteiger partial charge in [-0.05, 0) is 55.7 Å². The predicted molar refractivity (Wildman–Crippen MR) is 103 cm³/mol. The average Bonchev–Trinajstić information content (AvgIpc) is 2.66. The van der Waals surface area contributed by atoms with Crippen LogP contribution in [0.15, 0.2) is 47.4 Å².